The Hall–Kier alpha value is -3.36. The second-order valence-electron chi connectivity index (χ2n) is 8.87. The van der Waals surface area contributed by atoms with Gasteiger partial charge in [-0.1, -0.05) is 30.3 Å². The van der Waals surface area contributed by atoms with Crippen LogP contribution < -0.4 is 15.8 Å². The predicted molar refractivity (Wildman–Crippen MR) is 115 cm³/mol. The van der Waals surface area contributed by atoms with Crippen molar-refractivity contribution in [3.8, 4) is 5.88 Å². The number of carbonyl (C=O) groups excluding carboxylic acids is 3. The van der Waals surface area contributed by atoms with E-state index in [2.05, 4.69) is 10.4 Å². The van der Waals surface area contributed by atoms with Crippen molar-refractivity contribution in [3.63, 3.8) is 0 Å². The molecular formula is C23H27N5O4. The maximum atomic E-state index is 12.9. The Morgan fingerprint density at radius 3 is 2.41 bits per heavy atom. The Morgan fingerprint density at radius 2 is 1.75 bits per heavy atom. The van der Waals surface area contributed by atoms with E-state index in [0.29, 0.717) is 43.7 Å². The number of rotatable bonds is 7. The van der Waals surface area contributed by atoms with Crippen molar-refractivity contribution in [3.05, 3.63) is 47.7 Å². The van der Waals surface area contributed by atoms with E-state index < -0.39 is 11.9 Å². The highest BCUT2D eigenvalue weighted by Gasteiger charge is 2.43. The van der Waals surface area contributed by atoms with Crippen LogP contribution in [0.3, 0.4) is 0 Å². The van der Waals surface area contributed by atoms with Crippen LogP contribution in [0.25, 0.3) is 0 Å². The first-order valence-electron chi connectivity index (χ1n) is 11.2. The van der Waals surface area contributed by atoms with Gasteiger partial charge in [-0.05, 0) is 44.1 Å². The van der Waals surface area contributed by atoms with Gasteiger partial charge in [0.05, 0.1) is 6.04 Å². The molecule has 1 saturated heterocycles. The van der Waals surface area contributed by atoms with Crippen molar-refractivity contribution >= 4 is 17.8 Å². The minimum absolute atomic E-state index is 0.132. The van der Waals surface area contributed by atoms with Crippen molar-refractivity contribution in [2.75, 3.05) is 0 Å². The number of carbonyl (C=O) groups is 3. The molecule has 0 radical (unpaired) electrons. The van der Waals surface area contributed by atoms with Crippen LogP contribution in [-0.4, -0.2) is 50.7 Å². The summed E-state index contributed by atoms with van der Waals surface area (Å²) in [6.07, 6.45) is 6.74. The molecule has 2 heterocycles. The highest BCUT2D eigenvalue weighted by Crippen LogP contribution is 2.36. The molecule has 0 spiro atoms. The van der Waals surface area contributed by atoms with E-state index in [1.807, 2.05) is 30.3 Å². The lowest BCUT2D eigenvalue weighted by molar-refractivity contribution is -0.129. The third-order valence-corrected chi connectivity index (χ3v) is 6.51. The Bertz CT molecular complexity index is 1020. The second kappa shape index (κ2) is 8.29. The maximum absolute atomic E-state index is 12.9. The fourth-order valence-corrected chi connectivity index (χ4v) is 4.62. The van der Waals surface area contributed by atoms with Crippen molar-refractivity contribution in [1.82, 2.24) is 20.0 Å². The van der Waals surface area contributed by atoms with Gasteiger partial charge in [0.25, 0.3) is 11.8 Å². The number of primary amides is 1. The molecule has 1 atom stereocenters. The van der Waals surface area contributed by atoms with Gasteiger partial charge in [0.1, 0.15) is 17.7 Å². The zero-order valence-electron chi connectivity index (χ0n) is 17.8. The summed E-state index contributed by atoms with van der Waals surface area (Å²) in [6, 6.07) is 9.01. The van der Waals surface area contributed by atoms with Gasteiger partial charge < -0.3 is 15.8 Å². The smallest absolute Gasteiger partial charge is 0.325 e. The maximum Gasteiger partial charge on any atom is 0.325 e. The minimum Gasteiger partial charge on any atom is -0.473 e. The number of ether oxygens (including phenoxy) is 1. The number of hydrogen-bond acceptors (Lipinski definition) is 5. The van der Waals surface area contributed by atoms with Crippen LogP contribution in [0.2, 0.25) is 0 Å². The molecule has 3 aliphatic rings. The molecule has 9 heteroatoms. The van der Waals surface area contributed by atoms with E-state index in [0.717, 1.165) is 18.4 Å². The molecule has 32 heavy (non-hydrogen) atoms. The monoisotopic (exact) mass is 437 g/mol. The van der Waals surface area contributed by atoms with E-state index in [4.69, 9.17) is 10.5 Å². The van der Waals surface area contributed by atoms with Gasteiger partial charge in [0.2, 0.25) is 5.88 Å². The topological polar surface area (TPSA) is 120 Å². The molecule has 0 bridgehead atoms. The van der Waals surface area contributed by atoms with E-state index in [1.165, 1.54) is 4.90 Å². The summed E-state index contributed by atoms with van der Waals surface area (Å²) in [5.74, 6) is -0.433. The number of amides is 4. The van der Waals surface area contributed by atoms with Crippen molar-refractivity contribution in [2.24, 2.45) is 5.73 Å². The number of aromatic nitrogens is 2. The molecule has 2 aromatic rings. The molecule has 1 aromatic heterocycles. The first-order valence-corrected chi connectivity index (χ1v) is 11.2. The number of urea groups is 1. The lowest BCUT2D eigenvalue weighted by Crippen LogP contribution is -2.44. The van der Waals surface area contributed by atoms with Gasteiger partial charge in [0.15, 0.2) is 0 Å². The lowest BCUT2D eigenvalue weighted by atomic mass is 9.91. The van der Waals surface area contributed by atoms with E-state index in [1.54, 1.807) is 10.9 Å². The van der Waals surface area contributed by atoms with Crippen LogP contribution in [0.4, 0.5) is 4.79 Å². The van der Waals surface area contributed by atoms with Gasteiger partial charge in [-0.3, -0.25) is 19.2 Å². The molecule has 2 aliphatic carbocycles. The van der Waals surface area contributed by atoms with Crippen LogP contribution in [0.1, 0.15) is 60.5 Å². The molecule has 9 nitrogen and oxygen atoms in total. The number of nitrogens with two attached hydrogens (primary N) is 1. The fourth-order valence-electron chi connectivity index (χ4n) is 4.62. The zero-order valence-corrected chi connectivity index (χ0v) is 17.8. The van der Waals surface area contributed by atoms with Crippen LogP contribution in [0.15, 0.2) is 36.5 Å². The molecule has 3 fully saturated rings. The van der Waals surface area contributed by atoms with E-state index in [-0.39, 0.29) is 30.0 Å². The predicted octanol–water partition coefficient (Wildman–Crippen LogP) is 2.17. The Labute approximate surface area is 185 Å². The third kappa shape index (κ3) is 4.06. The third-order valence-electron chi connectivity index (χ3n) is 6.51. The van der Waals surface area contributed by atoms with Crippen molar-refractivity contribution < 1.29 is 19.1 Å². The Kier molecular flexibility index (Phi) is 5.32. The first kappa shape index (κ1) is 20.5. The molecule has 5 rings (SSSR count). The van der Waals surface area contributed by atoms with Crippen molar-refractivity contribution in [1.29, 1.82) is 0 Å². The average Bonchev–Trinajstić information content (AvgIpc) is 3.49. The molecule has 4 amide bonds. The largest absolute Gasteiger partial charge is 0.473 e. The summed E-state index contributed by atoms with van der Waals surface area (Å²) in [6.45, 7) is 0. The molecule has 2 saturated carbocycles. The van der Waals surface area contributed by atoms with Crippen LogP contribution in [0, 0.1) is 0 Å². The van der Waals surface area contributed by atoms with Crippen LogP contribution in [0.5, 0.6) is 5.88 Å². The summed E-state index contributed by atoms with van der Waals surface area (Å²) in [5, 5.41) is 7.25. The Balaban J connectivity index is 1.19. The van der Waals surface area contributed by atoms with E-state index in [9.17, 15) is 14.4 Å². The number of nitrogens with one attached hydrogen (secondary N) is 1. The summed E-state index contributed by atoms with van der Waals surface area (Å²) < 4.78 is 7.80. The van der Waals surface area contributed by atoms with Gasteiger partial charge in [-0.25, -0.2) is 4.79 Å². The molecule has 1 aliphatic heterocycles. The van der Waals surface area contributed by atoms with Gasteiger partial charge in [-0.2, -0.15) is 0 Å². The molecular weight excluding hydrogens is 410 g/mol. The standard InChI is InChI=1S/C23H27N5O4/c24-20(29)18-13-27(15-6-7-15)26-21(18)32-17-10-8-16(9-11-17)28-22(30)19(25-23(28)31)12-14-4-2-1-3-5-14/h1-5,13,15-17,19H,6-12H2,(H2,24,29)(H,25,31). The summed E-state index contributed by atoms with van der Waals surface area (Å²) in [5.41, 5.74) is 6.81. The average molecular weight is 438 g/mol. The first-order chi connectivity index (χ1) is 15.5. The van der Waals surface area contributed by atoms with Crippen molar-refractivity contribution in [2.45, 2.75) is 69.2 Å². The number of nitrogens with zero attached hydrogens (tertiary/aromatic N) is 3. The Morgan fingerprint density at radius 1 is 1.06 bits per heavy atom. The highest BCUT2D eigenvalue weighted by molar-refractivity contribution is 6.04. The number of benzene rings is 1. The highest BCUT2D eigenvalue weighted by atomic mass is 16.5. The van der Waals surface area contributed by atoms with Gasteiger partial charge >= 0.3 is 6.03 Å². The molecule has 1 unspecified atom stereocenters. The fraction of sp³-hybridized carbons (Fsp3) is 0.478. The number of hydrogen-bond donors (Lipinski definition) is 2. The summed E-state index contributed by atoms with van der Waals surface area (Å²) in [4.78, 5) is 38.6. The van der Waals surface area contributed by atoms with Gasteiger partial charge in [0, 0.05) is 18.7 Å². The normalized spacial score (nSPS) is 25.6. The number of imide groups is 1. The van der Waals surface area contributed by atoms with Crippen LogP contribution >= 0.6 is 0 Å². The summed E-state index contributed by atoms with van der Waals surface area (Å²) in [7, 11) is 0. The zero-order chi connectivity index (χ0) is 22.2. The minimum atomic E-state index is -0.552. The van der Waals surface area contributed by atoms with E-state index >= 15 is 0 Å². The molecule has 168 valence electrons. The quantitative estimate of drug-likeness (QED) is 0.644. The second-order valence-corrected chi connectivity index (χ2v) is 8.87. The SMILES string of the molecule is NC(=O)c1cn(C2CC2)nc1OC1CCC(N2C(=O)NC(Cc3ccccc3)C2=O)CC1. The molecule has 1 aromatic carbocycles. The summed E-state index contributed by atoms with van der Waals surface area (Å²) >= 11 is 0. The van der Waals surface area contributed by atoms with Crippen LogP contribution in [-0.2, 0) is 11.2 Å². The van der Waals surface area contributed by atoms with Gasteiger partial charge in [-0.15, -0.1) is 5.10 Å². The molecule has 3 N–H and O–H groups in total. The lowest BCUT2D eigenvalue weighted by Gasteiger charge is -2.32.